The lowest BCUT2D eigenvalue weighted by Gasteiger charge is -2.26. The number of hydrogen-bond acceptors (Lipinski definition) is 5. The Hall–Kier alpha value is -3.47. The number of aliphatic carboxylic acids is 1. The molecule has 0 saturated carbocycles. The van der Waals surface area contributed by atoms with E-state index in [-0.39, 0.29) is 0 Å². The number of alkyl halides is 3. The summed E-state index contributed by atoms with van der Waals surface area (Å²) in [5.74, 6) is -1.73. The number of carboxylic acid groups (broad SMARTS) is 1. The van der Waals surface area contributed by atoms with E-state index < -0.39 is 12.1 Å². The molecule has 0 unspecified atom stereocenters. The molecule has 3 heterocycles. The van der Waals surface area contributed by atoms with Crippen molar-refractivity contribution in [2.24, 2.45) is 0 Å². The number of fused-ring (bicyclic) bond motifs is 1. The topological polar surface area (TPSA) is 99.9 Å². The van der Waals surface area contributed by atoms with Crippen molar-refractivity contribution in [1.29, 1.82) is 0 Å². The SMILES string of the molecule is CCn1ncnc1CN1CCc2[nH]nc(/C=C/c3ccccc3)c2C1.O=C(O)C(F)(F)F. The summed E-state index contributed by atoms with van der Waals surface area (Å²) in [7, 11) is 0. The minimum absolute atomic E-state index is 0.820. The first-order valence-electron chi connectivity index (χ1n) is 9.96. The maximum Gasteiger partial charge on any atom is 0.490 e. The van der Waals surface area contributed by atoms with E-state index in [1.807, 2.05) is 22.9 Å². The molecule has 1 aliphatic heterocycles. The van der Waals surface area contributed by atoms with Gasteiger partial charge in [-0.1, -0.05) is 36.4 Å². The lowest BCUT2D eigenvalue weighted by molar-refractivity contribution is -0.192. The Balaban J connectivity index is 0.000000360. The molecule has 32 heavy (non-hydrogen) atoms. The molecule has 0 amide bonds. The van der Waals surface area contributed by atoms with Crippen molar-refractivity contribution in [2.45, 2.75) is 39.2 Å². The lowest BCUT2D eigenvalue weighted by Crippen LogP contribution is -2.31. The van der Waals surface area contributed by atoms with Crippen LogP contribution in [0.25, 0.3) is 12.2 Å². The number of halogens is 3. The van der Waals surface area contributed by atoms with E-state index in [0.29, 0.717) is 0 Å². The maximum absolute atomic E-state index is 10.6. The third kappa shape index (κ3) is 6.03. The maximum atomic E-state index is 10.6. The van der Waals surface area contributed by atoms with Crippen LogP contribution in [-0.2, 0) is 30.8 Å². The van der Waals surface area contributed by atoms with E-state index in [9.17, 15) is 13.2 Å². The molecular formula is C21H23F3N6O2. The second kappa shape index (κ2) is 10.2. The van der Waals surface area contributed by atoms with E-state index in [0.717, 1.165) is 44.1 Å². The first kappa shape index (κ1) is 23.2. The third-order valence-electron chi connectivity index (χ3n) is 4.88. The Bertz CT molecular complexity index is 1060. The van der Waals surface area contributed by atoms with Gasteiger partial charge in [-0.3, -0.25) is 10.00 Å². The number of aromatic amines is 1. The number of carboxylic acids is 1. The molecule has 0 radical (unpaired) electrons. The van der Waals surface area contributed by atoms with Gasteiger partial charge in [-0.15, -0.1) is 0 Å². The van der Waals surface area contributed by atoms with E-state index in [4.69, 9.17) is 9.90 Å². The van der Waals surface area contributed by atoms with E-state index in [1.54, 1.807) is 6.33 Å². The van der Waals surface area contributed by atoms with Gasteiger partial charge in [0.2, 0.25) is 0 Å². The lowest BCUT2D eigenvalue weighted by atomic mass is 10.0. The molecule has 2 aromatic heterocycles. The summed E-state index contributed by atoms with van der Waals surface area (Å²) in [4.78, 5) is 15.7. The van der Waals surface area contributed by atoms with Crippen LogP contribution in [0.15, 0.2) is 36.7 Å². The van der Waals surface area contributed by atoms with Gasteiger partial charge >= 0.3 is 12.1 Å². The molecule has 170 valence electrons. The number of H-pyrrole nitrogens is 1. The van der Waals surface area contributed by atoms with Crippen LogP contribution in [0.1, 0.15) is 35.3 Å². The molecule has 0 fully saturated rings. The Morgan fingerprint density at radius 1 is 1.25 bits per heavy atom. The normalized spacial score (nSPS) is 14.1. The van der Waals surface area contributed by atoms with Gasteiger partial charge in [-0.2, -0.15) is 23.4 Å². The highest BCUT2D eigenvalue weighted by molar-refractivity contribution is 5.73. The molecule has 0 aliphatic carbocycles. The predicted octanol–water partition coefficient (Wildman–Crippen LogP) is 3.38. The van der Waals surface area contributed by atoms with Gasteiger partial charge in [0, 0.05) is 37.3 Å². The van der Waals surface area contributed by atoms with Crippen molar-refractivity contribution in [1.82, 2.24) is 29.9 Å². The van der Waals surface area contributed by atoms with Gasteiger partial charge in [0.05, 0.1) is 12.2 Å². The van der Waals surface area contributed by atoms with Crippen molar-refractivity contribution in [2.75, 3.05) is 6.54 Å². The molecule has 3 aromatic rings. The zero-order chi connectivity index (χ0) is 23.1. The van der Waals surface area contributed by atoms with Gasteiger partial charge in [0.15, 0.2) is 0 Å². The standard InChI is InChI=1S/C19H22N6.C2HF3O2/c1-2-25-19(20-14-21-25)13-24-11-10-18-16(12-24)17(22-23-18)9-8-15-6-4-3-5-7-15;3-2(4,5)1(6)7/h3-9,14H,2,10-13H2,1H3,(H,22,23);(H,6,7)/b9-8+;. The first-order chi connectivity index (χ1) is 15.3. The average Bonchev–Trinajstić information content (AvgIpc) is 3.39. The quantitative estimate of drug-likeness (QED) is 0.621. The molecule has 1 aliphatic rings. The molecule has 0 bridgehead atoms. The highest BCUT2D eigenvalue weighted by Gasteiger charge is 2.38. The monoisotopic (exact) mass is 448 g/mol. The summed E-state index contributed by atoms with van der Waals surface area (Å²) in [5.41, 5.74) is 4.75. The molecule has 4 rings (SSSR count). The minimum Gasteiger partial charge on any atom is -0.475 e. The van der Waals surface area contributed by atoms with Crippen molar-refractivity contribution in [3.05, 3.63) is 65.0 Å². The molecule has 1 aromatic carbocycles. The number of rotatable bonds is 5. The highest BCUT2D eigenvalue weighted by Crippen LogP contribution is 2.23. The van der Waals surface area contributed by atoms with Crippen molar-refractivity contribution in [3.63, 3.8) is 0 Å². The van der Waals surface area contributed by atoms with Crippen molar-refractivity contribution < 1.29 is 23.1 Å². The predicted molar refractivity (Wildman–Crippen MR) is 111 cm³/mol. The summed E-state index contributed by atoms with van der Waals surface area (Å²) in [6, 6.07) is 10.3. The van der Waals surface area contributed by atoms with E-state index in [2.05, 4.69) is 56.4 Å². The fourth-order valence-electron chi connectivity index (χ4n) is 3.26. The Morgan fingerprint density at radius 2 is 1.97 bits per heavy atom. The molecule has 0 saturated heterocycles. The molecule has 0 atom stereocenters. The summed E-state index contributed by atoms with van der Waals surface area (Å²) < 4.78 is 33.7. The van der Waals surface area contributed by atoms with Crippen LogP contribution >= 0.6 is 0 Å². The van der Waals surface area contributed by atoms with Crippen LogP contribution in [0.2, 0.25) is 0 Å². The van der Waals surface area contributed by atoms with Gasteiger partial charge in [-0.25, -0.2) is 14.5 Å². The summed E-state index contributed by atoms with van der Waals surface area (Å²) in [6.45, 7) is 5.66. The molecule has 8 nitrogen and oxygen atoms in total. The number of nitrogens with zero attached hydrogens (tertiary/aromatic N) is 5. The number of benzene rings is 1. The number of hydrogen-bond donors (Lipinski definition) is 2. The molecule has 2 N–H and O–H groups in total. The van der Waals surface area contributed by atoms with E-state index in [1.165, 1.54) is 16.8 Å². The van der Waals surface area contributed by atoms with Crippen LogP contribution in [-0.4, -0.2) is 53.7 Å². The van der Waals surface area contributed by atoms with Gasteiger partial charge in [0.25, 0.3) is 0 Å². The summed E-state index contributed by atoms with van der Waals surface area (Å²) in [5, 5.41) is 19.1. The van der Waals surface area contributed by atoms with Crippen molar-refractivity contribution >= 4 is 18.1 Å². The zero-order valence-electron chi connectivity index (χ0n) is 17.4. The second-order valence-electron chi connectivity index (χ2n) is 7.07. The second-order valence-corrected chi connectivity index (χ2v) is 7.07. The Kier molecular flexibility index (Phi) is 7.41. The molecule has 0 spiro atoms. The third-order valence-corrected chi connectivity index (χ3v) is 4.88. The number of carbonyl (C=O) groups is 1. The first-order valence-corrected chi connectivity index (χ1v) is 9.96. The fraction of sp³-hybridized carbons (Fsp3) is 0.333. The largest absolute Gasteiger partial charge is 0.490 e. The summed E-state index contributed by atoms with van der Waals surface area (Å²) in [6.07, 6.45) is 1.76. The van der Waals surface area contributed by atoms with Crippen LogP contribution < -0.4 is 0 Å². The Morgan fingerprint density at radius 3 is 2.62 bits per heavy atom. The number of nitrogens with one attached hydrogen (secondary N) is 1. The molecule has 11 heteroatoms. The van der Waals surface area contributed by atoms with Crippen molar-refractivity contribution in [3.8, 4) is 0 Å². The van der Waals surface area contributed by atoms with Gasteiger partial charge < -0.3 is 5.11 Å². The minimum atomic E-state index is -5.08. The Labute approximate surface area is 182 Å². The van der Waals surface area contributed by atoms with Crippen LogP contribution in [0, 0.1) is 0 Å². The van der Waals surface area contributed by atoms with Crippen LogP contribution in [0.4, 0.5) is 13.2 Å². The highest BCUT2D eigenvalue weighted by atomic mass is 19.4. The zero-order valence-corrected chi connectivity index (χ0v) is 17.4. The molecular weight excluding hydrogens is 425 g/mol. The summed E-state index contributed by atoms with van der Waals surface area (Å²) >= 11 is 0. The number of aryl methyl sites for hydroxylation is 1. The van der Waals surface area contributed by atoms with Gasteiger partial charge in [-0.05, 0) is 18.6 Å². The van der Waals surface area contributed by atoms with Crippen LogP contribution in [0.3, 0.4) is 0 Å². The van der Waals surface area contributed by atoms with Gasteiger partial charge in [0.1, 0.15) is 12.2 Å². The number of aromatic nitrogens is 5. The van der Waals surface area contributed by atoms with Crippen LogP contribution in [0.5, 0.6) is 0 Å². The average molecular weight is 448 g/mol. The smallest absolute Gasteiger partial charge is 0.475 e. The van der Waals surface area contributed by atoms with E-state index >= 15 is 0 Å². The fourth-order valence-corrected chi connectivity index (χ4v) is 3.26.